The van der Waals surface area contributed by atoms with Gasteiger partial charge in [0.2, 0.25) is 0 Å². The van der Waals surface area contributed by atoms with Gasteiger partial charge < -0.3 is 15.4 Å². The van der Waals surface area contributed by atoms with Gasteiger partial charge in [-0.15, -0.1) is 10.2 Å². The van der Waals surface area contributed by atoms with E-state index in [1.54, 1.807) is 12.1 Å². The van der Waals surface area contributed by atoms with Gasteiger partial charge in [-0.1, -0.05) is 12.1 Å². The van der Waals surface area contributed by atoms with Crippen molar-refractivity contribution in [1.29, 1.82) is 0 Å². The summed E-state index contributed by atoms with van der Waals surface area (Å²) < 4.78 is 8.00. The van der Waals surface area contributed by atoms with E-state index in [0.717, 1.165) is 48.0 Å². The Labute approximate surface area is 198 Å². The zero-order valence-corrected chi connectivity index (χ0v) is 19.4. The highest BCUT2D eigenvalue weighted by atomic mass is 16.5. The number of amides is 1. The number of carbonyl (C=O) groups is 1. The molecule has 1 amide bonds. The van der Waals surface area contributed by atoms with E-state index in [2.05, 4.69) is 39.8 Å². The molecule has 0 unspecified atom stereocenters. The summed E-state index contributed by atoms with van der Waals surface area (Å²) >= 11 is 0. The van der Waals surface area contributed by atoms with Crippen molar-refractivity contribution >= 4 is 22.6 Å². The minimum absolute atomic E-state index is 0.174. The second-order valence-corrected chi connectivity index (χ2v) is 8.86. The van der Waals surface area contributed by atoms with Gasteiger partial charge in [-0.2, -0.15) is 5.10 Å². The molecule has 0 bridgehead atoms. The molecule has 2 aromatic heterocycles. The van der Waals surface area contributed by atoms with Crippen molar-refractivity contribution < 1.29 is 9.53 Å². The average molecular weight is 457 g/mol. The van der Waals surface area contributed by atoms with Gasteiger partial charge in [0, 0.05) is 28.8 Å². The number of hydrogen-bond donors (Lipinski definition) is 2. The number of nitrogens with zero attached hydrogens (tertiary/aromatic N) is 4. The summed E-state index contributed by atoms with van der Waals surface area (Å²) in [5.41, 5.74) is 3.34. The molecule has 0 spiro atoms. The molecule has 0 saturated carbocycles. The van der Waals surface area contributed by atoms with Gasteiger partial charge in [0.15, 0.2) is 5.82 Å². The van der Waals surface area contributed by atoms with Gasteiger partial charge in [-0.25, -0.2) is 0 Å². The van der Waals surface area contributed by atoms with E-state index in [9.17, 15) is 4.79 Å². The minimum atomic E-state index is -0.251. The van der Waals surface area contributed by atoms with Crippen LogP contribution in [0, 0.1) is 0 Å². The van der Waals surface area contributed by atoms with Gasteiger partial charge in [0.05, 0.1) is 11.7 Å². The Kier molecular flexibility index (Phi) is 6.22. The maximum Gasteiger partial charge on any atom is 0.256 e. The maximum atomic E-state index is 12.9. The van der Waals surface area contributed by atoms with E-state index in [0.29, 0.717) is 23.2 Å². The molecule has 1 saturated heterocycles. The zero-order chi connectivity index (χ0) is 23.5. The molecule has 1 fully saturated rings. The first-order valence-electron chi connectivity index (χ1n) is 11.7. The minimum Gasteiger partial charge on any atom is -0.490 e. The van der Waals surface area contributed by atoms with E-state index in [-0.39, 0.29) is 12.0 Å². The Hall–Kier alpha value is -3.78. The van der Waals surface area contributed by atoms with Crippen LogP contribution in [0.4, 0.5) is 5.82 Å². The van der Waals surface area contributed by atoms with Gasteiger partial charge >= 0.3 is 0 Å². The first kappa shape index (κ1) is 22.0. The highest BCUT2D eigenvalue weighted by Gasteiger charge is 2.16. The predicted octanol–water partition coefficient (Wildman–Crippen LogP) is 4.46. The SMILES string of the molecule is CC(C)n1cc(-c2ccc3nnc(NC(=O)c4cccc(OC5CCNCC5)c4)cc3c2)cn1. The number of rotatable bonds is 6. The second kappa shape index (κ2) is 9.61. The van der Waals surface area contributed by atoms with Crippen LogP contribution in [0.5, 0.6) is 5.75 Å². The zero-order valence-electron chi connectivity index (χ0n) is 19.4. The summed E-state index contributed by atoms with van der Waals surface area (Å²) in [5, 5.41) is 20.0. The molecule has 1 aliphatic rings. The molecule has 3 heterocycles. The van der Waals surface area contributed by atoms with Gasteiger partial charge in [-0.05, 0) is 81.7 Å². The lowest BCUT2D eigenvalue weighted by Gasteiger charge is -2.24. The summed E-state index contributed by atoms with van der Waals surface area (Å²) in [6.07, 6.45) is 5.99. The van der Waals surface area contributed by atoms with Crippen molar-refractivity contribution in [3.05, 3.63) is 66.5 Å². The Balaban J connectivity index is 1.33. The molecule has 174 valence electrons. The number of fused-ring (bicyclic) bond motifs is 1. The van der Waals surface area contributed by atoms with Crippen molar-refractivity contribution in [3.63, 3.8) is 0 Å². The lowest BCUT2D eigenvalue weighted by molar-refractivity contribution is 0.102. The Morgan fingerprint density at radius 3 is 2.74 bits per heavy atom. The summed E-state index contributed by atoms with van der Waals surface area (Å²) in [5.74, 6) is 0.853. The van der Waals surface area contributed by atoms with Gasteiger partial charge in [0.1, 0.15) is 11.9 Å². The first-order valence-corrected chi connectivity index (χ1v) is 11.7. The molecular formula is C26H28N6O2. The molecule has 4 aromatic rings. The van der Waals surface area contributed by atoms with E-state index in [4.69, 9.17) is 4.74 Å². The van der Waals surface area contributed by atoms with Crippen molar-refractivity contribution in [2.75, 3.05) is 18.4 Å². The van der Waals surface area contributed by atoms with Crippen LogP contribution >= 0.6 is 0 Å². The number of carbonyl (C=O) groups excluding carboxylic acids is 1. The van der Waals surface area contributed by atoms with E-state index in [1.165, 1.54) is 0 Å². The van der Waals surface area contributed by atoms with Gasteiger partial charge in [-0.3, -0.25) is 9.48 Å². The van der Waals surface area contributed by atoms with Crippen molar-refractivity contribution in [2.45, 2.75) is 38.8 Å². The normalized spacial score (nSPS) is 14.4. The Bertz CT molecular complexity index is 1310. The summed E-state index contributed by atoms with van der Waals surface area (Å²) in [6, 6.07) is 15.4. The van der Waals surface area contributed by atoms with Crippen LogP contribution in [0.25, 0.3) is 22.0 Å². The monoisotopic (exact) mass is 456 g/mol. The molecule has 0 atom stereocenters. The van der Waals surface area contributed by atoms with Crippen LogP contribution in [0.15, 0.2) is 60.9 Å². The van der Waals surface area contributed by atoms with Crippen LogP contribution in [0.3, 0.4) is 0 Å². The molecule has 8 nitrogen and oxygen atoms in total. The second-order valence-electron chi connectivity index (χ2n) is 8.86. The molecule has 0 radical (unpaired) electrons. The number of ether oxygens (including phenoxy) is 1. The topological polar surface area (TPSA) is 94.0 Å². The number of hydrogen-bond acceptors (Lipinski definition) is 6. The predicted molar refractivity (Wildman–Crippen MR) is 132 cm³/mol. The fourth-order valence-corrected chi connectivity index (χ4v) is 4.06. The quantitative estimate of drug-likeness (QED) is 0.445. The molecule has 2 N–H and O–H groups in total. The van der Waals surface area contributed by atoms with Crippen LogP contribution in [-0.2, 0) is 0 Å². The number of nitrogens with one attached hydrogen (secondary N) is 2. The molecule has 8 heteroatoms. The number of piperidine rings is 1. The fourth-order valence-electron chi connectivity index (χ4n) is 4.06. The fraction of sp³-hybridized carbons (Fsp3) is 0.308. The highest BCUT2D eigenvalue weighted by molar-refractivity contribution is 6.04. The molecule has 2 aromatic carbocycles. The molecular weight excluding hydrogens is 428 g/mol. The Morgan fingerprint density at radius 1 is 1.09 bits per heavy atom. The van der Waals surface area contributed by atoms with Crippen LogP contribution in [-0.4, -0.2) is 45.1 Å². The number of anilines is 1. The molecule has 0 aliphatic carbocycles. The lowest BCUT2D eigenvalue weighted by Crippen LogP contribution is -2.34. The largest absolute Gasteiger partial charge is 0.490 e. The average Bonchev–Trinajstić information content (AvgIpc) is 3.35. The third-order valence-corrected chi connectivity index (χ3v) is 5.98. The number of benzene rings is 2. The molecule has 34 heavy (non-hydrogen) atoms. The highest BCUT2D eigenvalue weighted by Crippen LogP contribution is 2.25. The van der Waals surface area contributed by atoms with Crippen LogP contribution in [0.1, 0.15) is 43.1 Å². The van der Waals surface area contributed by atoms with Gasteiger partial charge in [0.25, 0.3) is 5.91 Å². The Morgan fingerprint density at radius 2 is 1.94 bits per heavy atom. The maximum absolute atomic E-state index is 12.9. The summed E-state index contributed by atoms with van der Waals surface area (Å²) in [7, 11) is 0. The first-order chi connectivity index (χ1) is 16.5. The molecule has 1 aliphatic heterocycles. The molecule has 5 rings (SSSR count). The third kappa shape index (κ3) is 4.92. The smallest absolute Gasteiger partial charge is 0.256 e. The van der Waals surface area contributed by atoms with Crippen molar-refractivity contribution in [3.8, 4) is 16.9 Å². The van der Waals surface area contributed by atoms with E-state index in [1.807, 2.05) is 53.5 Å². The van der Waals surface area contributed by atoms with Crippen LogP contribution in [0.2, 0.25) is 0 Å². The summed E-state index contributed by atoms with van der Waals surface area (Å²) in [4.78, 5) is 12.9. The van der Waals surface area contributed by atoms with Crippen LogP contribution < -0.4 is 15.4 Å². The van der Waals surface area contributed by atoms with E-state index >= 15 is 0 Å². The third-order valence-electron chi connectivity index (χ3n) is 5.98. The standard InChI is InChI=1S/C26H28N6O2/c1-17(2)32-16-21(15-28-32)18-6-7-24-20(12-18)14-25(31-30-24)29-26(33)19-4-3-5-23(13-19)34-22-8-10-27-11-9-22/h3-7,12-17,22,27H,8-11H2,1-2H3,(H,29,31,33). The summed E-state index contributed by atoms with van der Waals surface area (Å²) in [6.45, 7) is 6.09. The van der Waals surface area contributed by atoms with Crippen molar-refractivity contribution in [2.24, 2.45) is 0 Å². The lowest BCUT2D eigenvalue weighted by atomic mass is 10.1. The number of aromatic nitrogens is 4. The van der Waals surface area contributed by atoms with Crippen molar-refractivity contribution in [1.82, 2.24) is 25.3 Å². The van der Waals surface area contributed by atoms with E-state index < -0.39 is 0 Å².